The molecule has 3 N–H and O–H groups in total. The topological polar surface area (TPSA) is 72.2 Å². The van der Waals surface area contributed by atoms with Gasteiger partial charge in [0.05, 0.1) is 4.90 Å². The van der Waals surface area contributed by atoms with Crippen LogP contribution in [0.15, 0.2) is 23.1 Å². The van der Waals surface area contributed by atoms with Gasteiger partial charge in [-0.25, -0.2) is 13.1 Å². The largest absolute Gasteiger partial charge is 0.326 e. The minimum Gasteiger partial charge on any atom is -0.326 e. The number of sulfonamides is 1. The molecule has 1 heterocycles. The Morgan fingerprint density at radius 3 is 2.85 bits per heavy atom. The predicted molar refractivity (Wildman–Crippen MR) is 87.8 cm³/mol. The molecule has 4 nitrogen and oxygen atoms in total. The fourth-order valence-electron chi connectivity index (χ4n) is 2.11. The third kappa shape index (κ3) is 3.92. The monoisotopic (exact) mass is 332 g/mol. The average molecular weight is 333 g/mol. The van der Waals surface area contributed by atoms with Crippen LogP contribution in [0.5, 0.6) is 0 Å². The standard InChI is InChI=1S/C13H20N2O2S3/c1-10-11(7-14)3-2-4-13(10)20(16,17)15-8-12-9-18-5-6-19-12/h2-4,12,15H,5-9,14H2,1H3. The lowest BCUT2D eigenvalue weighted by Gasteiger charge is -2.21. The van der Waals surface area contributed by atoms with Gasteiger partial charge in [-0.3, -0.25) is 0 Å². The highest BCUT2D eigenvalue weighted by atomic mass is 32.2. The second kappa shape index (κ2) is 7.17. The minimum atomic E-state index is -3.45. The fourth-order valence-corrected chi connectivity index (χ4v) is 6.19. The van der Waals surface area contributed by atoms with Gasteiger partial charge < -0.3 is 5.73 Å². The van der Waals surface area contributed by atoms with Crippen molar-refractivity contribution in [3.63, 3.8) is 0 Å². The Bertz CT molecular complexity index is 555. The van der Waals surface area contributed by atoms with E-state index in [1.165, 1.54) is 0 Å². The molecule has 0 saturated carbocycles. The molecule has 1 saturated heterocycles. The lowest BCUT2D eigenvalue weighted by molar-refractivity contribution is 0.580. The first-order valence-electron chi connectivity index (χ1n) is 6.52. The molecule has 1 aromatic carbocycles. The molecule has 0 bridgehead atoms. The van der Waals surface area contributed by atoms with E-state index in [1.807, 2.05) is 36.5 Å². The van der Waals surface area contributed by atoms with E-state index in [2.05, 4.69) is 4.72 Å². The second-order valence-corrected chi connectivity index (χ2v) is 8.96. The van der Waals surface area contributed by atoms with Crippen LogP contribution in [0, 0.1) is 6.92 Å². The van der Waals surface area contributed by atoms with Crippen molar-refractivity contribution >= 4 is 33.5 Å². The number of nitrogens with one attached hydrogen (secondary N) is 1. The summed E-state index contributed by atoms with van der Waals surface area (Å²) in [4.78, 5) is 0.342. The molecule has 1 unspecified atom stereocenters. The highest BCUT2D eigenvalue weighted by molar-refractivity contribution is 8.06. The number of nitrogens with two attached hydrogens (primary N) is 1. The lowest BCUT2D eigenvalue weighted by Crippen LogP contribution is -2.33. The second-order valence-electron chi connectivity index (χ2n) is 4.66. The van der Waals surface area contributed by atoms with Crippen molar-refractivity contribution in [2.45, 2.75) is 23.6 Å². The zero-order chi connectivity index (χ0) is 14.6. The highest BCUT2D eigenvalue weighted by Gasteiger charge is 2.21. The van der Waals surface area contributed by atoms with Gasteiger partial charge in [0.25, 0.3) is 0 Å². The molecule has 1 atom stereocenters. The molecule has 0 radical (unpaired) electrons. The Morgan fingerprint density at radius 2 is 2.20 bits per heavy atom. The van der Waals surface area contributed by atoms with Gasteiger partial charge >= 0.3 is 0 Å². The van der Waals surface area contributed by atoms with Gasteiger partial charge in [-0.1, -0.05) is 12.1 Å². The van der Waals surface area contributed by atoms with Crippen LogP contribution in [-0.2, 0) is 16.6 Å². The van der Waals surface area contributed by atoms with Gasteiger partial charge in [0, 0.05) is 35.6 Å². The lowest BCUT2D eigenvalue weighted by atomic mass is 10.1. The highest BCUT2D eigenvalue weighted by Crippen LogP contribution is 2.24. The average Bonchev–Trinajstić information content (AvgIpc) is 2.46. The summed E-state index contributed by atoms with van der Waals surface area (Å²) in [6.07, 6.45) is 0. The number of thioether (sulfide) groups is 2. The Kier molecular flexibility index (Phi) is 5.80. The van der Waals surface area contributed by atoms with E-state index < -0.39 is 10.0 Å². The smallest absolute Gasteiger partial charge is 0.240 e. The van der Waals surface area contributed by atoms with Crippen LogP contribution in [0.4, 0.5) is 0 Å². The zero-order valence-electron chi connectivity index (χ0n) is 11.5. The molecular formula is C13H20N2O2S3. The zero-order valence-corrected chi connectivity index (χ0v) is 13.9. The van der Waals surface area contributed by atoms with Crippen LogP contribution >= 0.6 is 23.5 Å². The molecule has 1 aliphatic rings. The Labute approximate surface area is 129 Å². The quantitative estimate of drug-likeness (QED) is 0.856. The van der Waals surface area contributed by atoms with Crippen molar-refractivity contribution in [2.75, 3.05) is 23.8 Å². The summed E-state index contributed by atoms with van der Waals surface area (Å²) >= 11 is 3.73. The number of hydrogen-bond acceptors (Lipinski definition) is 5. The van der Waals surface area contributed by atoms with E-state index in [0.717, 1.165) is 28.4 Å². The molecule has 112 valence electrons. The molecule has 1 fully saturated rings. The summed E-state index contributed by atoms with van der Waals surface area (Å²) in [5.41, 5.74) is 7.25. The van der Waals surface area contributed by atoms with Crippen molar-refractivity contribution < 1.29 is 8.42 Å². The molecule has 0 spiro atoms. The van der Waals surface area contributed by atoms with Gasteiger partial charge in [0.15, 0.2) is 0 Å². The third-order valence-electron chi connectivity index (χ3n) is 3.29. The number of hydrogen-bond donors (Lipinski definition) is 2. The first kappa shape index (κ1) is 16.2. The Morgan fingerprint density at radius 1 is 1.40 bits per heavy atom. The van der Waals surface area contributed by atoms with E-state index >= 15 is 0 Å². The molecule has 7 heteroatoms. The molecule has 0 aliphatic carbocycles. The normalized spacial score (nSPS) is 20.0. The summed E-state index contributed by atoms with van der Waals surface area (Å²) in [6.45, 7) is 2.65. The minimum absolute atomic E-state index is 0.342. The van der Waals surface area contributed by atoms with Gasteiger partial charge in [-0.2, -0.15) is 23.5 Å². The molecule has 1 aromatic rings. The van der Waals surface area contributed by atoms with E-state index in [-0.39, 0.29) is 0 Å². The molecule has 2 rings (SSSR count). The van der Waals surface area contributed by atoms with Crippen LogP contribution in [0.3, 0.4) is 0 Å². The van der Waals surface area contributed by atoms with Crippen molar-refractivity contribution in [3.05, 3.63) is 29.3 Å². The third-order valence-corrected chi connectivity index (χ3v) is 7.70. The van der Waals surface area contributed by atoms with Crippen molar-refractivity contribution in [1.29, 1.82) is 0 Å². The SMILES string of the molecule is Cc1c(CN)cccc1S(=O)(=O)NCC1CSCCS1. The Hall–Kier alpha value is -0.210. The van der Waals surface area contributed by atoms with Gasteiger partial charge in [0.1, 0.15) is 0 Å². The fraction of sp³-hybridized carbons (Fsp3) is 0.538. The van der Waals surface area contributed by atoms with Gasteiger partial charge in [-0.05, 0) is 24.1 Å². The van der Waals surface area contributed by atoms with E-state index in [4.69, 9.17) is 5.73 Å². The molecule has 0 amide bonds. The van der Waals surface area contributed by atoms with Crippen LogP contribution < -0.4 is 10.5 Å². The molecule has 0 aromatic heterocycles. The maximum absolute atomic E-state index is 12.4. The van der Waals surface area contributed by atoms with Crippen LogP contribution in [0.2, 0.25) is 0 Å². The van der Waals surface area contributed by atoms with E-state index in [9.17, 15) is 8.42 Å². The summed E-state index contributed by atoms with van der Waals surface area (Å²) in [7, 11) is -3.45. The van der Waals surface area contributed by atoms with Crippen LogP contribution in [0.25, 0.3) is 0 Å². The molecular weight excluding hydrogens is 312 g/mol. The maximum Gasteiger partial charge on any atom is 0.240 e. The van der Waals surface area contributed by atoms with Crippen molar-refractivity contribution in [2.24, 2.45) is 5.73 Å². The van der Waals surface area contributed by atoms with Crippen molar-refractivity contribution in [3.8, 4) is 0 Å². The summed E-state index contributed by atoms with van der Waals surface area (Å²) in [6, 6.07) is 5.25. The number of benzene rings is 1. The van der Waals surface area contributed by atoms with Gasteiger partial charge in [0.2, 0.25) is 10.0 Å². The van der Waals surface area contributed by atoms with E-state index in [1.54, 1.807) is 12.1 Å². The number of rotatable bonds is 5. The summed E-state index contributed by atoms with van der Waals surface area (Å²) in [5, 5.41) is 0.363. The van der Waals surface area contributed by atoms with Gasteiger partial charge in [-0.15, -0.1) is 0 Å². The van der Waals surface area contributed by atoms with Crippen LogP contribution in [-0.4, -0.2) is 37.5 Å². The first-order chi connectivity index (χ1) is 9.54. The first-order valence-corrected chi connectivity index (χ1v) is 10.2. The summed E-state index contributed by atoms with van der Waals surface area (Å²) in [5.74, 6) is 3.26. The van der Waals surface area contributed by atoms with E-state index in [0.29, 0.717) is 23.2 Å². The van der Waals surface area contributed by atoms with Crippen molar-refractivity contribution in [1.82, 2.24) is 4.72 Å². The molecule has 1 aliphatic heterocycles. The summed E-state index contributed by atoms with van der Waals surface area (Å²) < 4.78 is 27.5. The predicted octanol–water partition coefficient (Wildman–Crippen LogP) is 1.58. The van der Waals surface area contributed by atoms with Crippen LogP contribution in [0.1, 0.15) is 11.1 Å². The maximum atomic E-state index is 12.4. The molecule has 20 heavy (non-hydrogen) atoms. The Balaban J connectivity index is 2.10.